The lowest BCUT2D eigenvalue weighted by atomic mass is 10.2. The number of hydrogen-bond donors (Lipinski definition) is 1. The van der Waals surface area contributed by atoms with Crippen LogP contribution in [0.4, 0.5) is 5.69 Å². The van der Waals surface area contributed by atoms with Crippen LogP contribution in [0.2, 0.25) is 0 Å². The molecule has 0 bridgehead atoms. The monoisotopic (exact) mass is 380 g/mol. The lowest BCUT2D eigenvalue weighted by Gasteiger charge is -2.18. The van der Waals surface area contributed by atoms with Crippen molar-refractivity contribution in [3.8, 4) is 0 Å². The maximum atomic E-state index is 12.6. The molecule has 0 radical (unpaired) electrons. The van der Waals surface area contributed by atoms with E-state index in [4.69, 9.17) is 0 Å². The second-order valence-electron chi connectivity index (χ2n) is 5.62. The summed E-state index contributed by atoms with van der Waals surface area (Å²) in [6, 6.07) is 8.29. The summed E-state index contributed by atoms with van der Waals surface area (Å²) < 4.78 is 26.6. The Balaban J connectivity index is 2.25. The number of hydrogen-bond acceptors (Lipinski definition) is 4. The normalized spacial score (nSPS) is 11.7. The topological polar surface area (TPSA) is 66.5 Å². The van der Waals surface area contributed by atoms with Gasteiger partial charge in [-0.15, -0.1) is 11.3 Å². The predicted octanol–water partition coefficient (Wildman–Crippen LogP) is 3.90. The molecule has 0 spiro atoms. The highest BCUT2D eigenvalue weighted by Gasteiger charge is 2.22. The Morgan fingerprint density at radius 1 is 1.16 bits per heavy atom. The third-order valence-electron chi connectivity index (χ3n) is 4.06. The SMILES string of the molecule is CCc1cc(C(=O)Nc2cccc(S(=O)(=O)N(CC)CC)c2)sc1C. The van der Waals surface area contributed by atoms with E-state index in [0.717, 1.165) is 16.9 Å². The molecule has 0 saturated heterocycles. The molecule has 2 rings (SSSR count). The van der Waals surface area contributed by atoms with Crippen LogP contribution < -0.4 is 5.32 Å². The number of nitrogens with zero attached hydrogens (tertiary/aromatic N) is 1. The van der Waals surface area contributed by atoms with Crippen LogP contribution in [0.25, 0.3) is 0 Å². The Morgan fingerprint density at radius 3 is 2.40 bits per heavy atom. The Hall–Kier alpha value is -1.70. The molecule has 136 valence electrons. The van der Waals surface area contributed by atoms with Crippen molar-refractivity contribution in [3.05, 3.63) is 45.6 Å². The van der Waals surface area contributed by atoms with E-state index in [-0.39, 0.29) is 10.8 Å². The van der Waals surface area contributed by atoms with Crippen LogP contribution in [-0.4, -0.2) is 31.7 Å². The number of benzene rings is 1. The maximum Gasteiger partial charge on any atom is 0.265 e. The molecule has 0 saturated carbocycles. The van der Waals surface area contributed by atoms with Gasteiger partial charge in [-0.2, -0.15) is 4.31 Å². The van der Waals surface area contributed by atoms with E-state index < -0.39 is 10.0 Å². The minimum absolute atomic E-state index is 0.186. The van der Waals surface area contributed by atoms with Gasteiger partial charge in [-0.25, -0.2) is 8.42 Å². The second kappa shape index (κ2) is 8.12. The van der Waals surface area contributed by atoms with Crippen molar-refractivity contribution in [1.82, 2.24) is 4.31 Å². The molecule has 0 atom stereocenters. The van der Waals surface area contributed by atoms with Gasteiger partial charge in [0.2, 0.25) is 10.0 Å². The Kier molecular flexibility index (Phi) is 6.37. The van der Waals surface area contributed by atoms with Crippen LogP contribution in [0.5, 0.6) is 0 Å². The van der Waals surface area contributed by atoms with E-state index in [9.17, 15) is 13.2 Å². The lowest BCUT2D eigenvalue weighted by molar-refractivity contribution is 0.103. The first kappa shape index (κ1) is 19.6. The maximum absolute atomic E-state index is 12.6. The van der Waals surface area contributed by atoms with Gasteiger partial charge in [-0.3, -0.25) is 4.79 Å². The first-order valence-electron chi connectivity index (χ1n) is 8.34. The average Bonchev–Trinajstić information content (AvgIpc) is 2.97. The average molecular weight is 381 g/mol. The molecule has 1 heterocycles. The summed E-state index contributed by atoms with van der Waals surface area (Å²) in [7, 11) is -3.55. The van der Waals surface area contributed by atoms with Crippen molar-refractivity contribution in [1.29, 1.82) is 0 Å². The van der Waals surface area contributed by atoms with Gasteiger partial charge in [0.1, 0.15) is 0 Å². The Morgan fingerprint density at radius 2 is 1.84 bits per heavy atom. The molecule has 1 aromatic heterocycles. The van der Waals surface area contributed by atoms with E-state index in [1.54, 1.807) is 32.0 Å². The highest BCUT2D eigenvalue weighted by atomic mass is 32.2. The fourth-order valence-corrected chi connectivity index (χ4v) is 5.14. The molecule has 0 unspecified atom stereocenters. The highest BCUT2D eigenvalue weighted by Crippen LogP contribution is 2.24. The number of thiophene rings is 1. The molecule has 0 aliphatic rings. The number of aryl methyl sites for hydroxylation is 2. The summed E-state index contributed by atoms with van der Waals surface area (Å²) in [6.07, 6.45) is 0.882. The van der Waals surface area contributed by atoms with Crippen LogP contribution in [0.15, 0.2) is 35.2 Å². The molecule has 0 fully saturated rings. The quantitative estimate of drug-likeness (QED) is 0.792. The molecule has 25 heavy (non-hydrogen) atoms. The van der Waals surface area contributed by atoms with Crippen molar-refractivity contribution in [3.63, 3.8) is 0 Å². The van der Waals surface area contributed by atoms with Crippen molar-refractivity contribution in [2.45, 2.75) is 39.0 Å². The third kappa shape index (κ3) is 4.29. The molecule has 7 heteroatoms. The first-order chi connectivity index (χ1) is 11.8. The predicted molar refractivity (Wildman–Crippen MR) is 103 cm³/mol. The van der Waals surface area contributed by atoms with Crippen LogP contribution in [0.1, 0.15) is 40.9 Å². The standard InChI is InChI=1S/C18H24N2O3S2/c1-5-14-11-17(24-13(14)4)18(21)19-15-9-8-10-16(12-15)25(22,23)20(6-2)7-3/h8-12H,5-7H2,1-4H3,(H,19,21). The van der Waals surface area contributed by atoms with Gasteiger partial charge in [0, 0.05) is 23.7 Å². The van der Waals surface area contributed by atoms with Gasteiger partial charge in [0.05, 0.1) is 9.77 Å². The summed E-state index contributed by atoms with van der Waals surface area (Å²) in [5.41, 5.74) is 1.63. The first-order valence-corrected chi connectivity index (χ1v) is 10.6. The van der Waals surface area contributed by atoms with Crippen LogP contribution in [0.3, 0.4) is 0 Å². The van der Waals surface area contributed by atoms with Gasteiger partial charge >= 0.3 is 0 Å². The van der Waals surface area contributed by atoms with Crippen LogP contribution in [0, 0.1) is 6.92 Å². The van der Waals surface area contributed by atoms with E-state index >= 15 is 0 Å². The Bertz CT molecular complexity index is 853. The van der Waals surface area contributed by atoms with Gasteiger partial charge in [-0.05, 0) is 43.2 Å². The fraction of sp³-hybridized carbons (Fsp3) is 0.389. The number of sulfonamides is 1. The van der Waals surface area contributed by atoms with Gasteiger partial charge in [0.15, 0.2) is 0 Å². The third-order valence-corrected chi connectivity index (χ3v) is 7.20. The highest BCUT2D eigenvalue weighted by molar-refractivity contribution is 7.89. The molecule has 2 aromatic rings. The zero-order valence-electron chi connectivity index (χ0n) is 15.0. The largest absolute Gasteiger partial charge is 0.321 e. The second-order valence-corrected chi connectivity index (χ2v) is 8.81. The van der Waals surface area contributed by atoms with Gasteiger partial charge in [0.25, 0.3) is 5.91 Å². The summed E-state index contributed by atoms with van der Waals surface area (Å²) >= 11 is 1.45. The molecule has 1 N–H and O–H groups in total. The van der Waals surface area contributed by atoms with E-state index in [2.05, 4.69) is 12.2 Å². The van der Waals surface area contributed by atoms with Gasteiger partial charge < -0.3 is 5.32 Å². The summed E-state index contributed by atoms with van der Waals surface area (Å²) in [5, 5.41) is 2.80. The van der Waals surface area contributed by atoms with E-state index in [1.807, 2.05) is 13.0 Å². The molecule has 5 nitrogen and oxygen atoms in total. The number of rotatable bonds is 7. The minimum atomic E-state index is -3.55. The molecular weight excluding hydrogens is 356 g/mol. The van der Waals surface area contributed by atoms with Crippen LogP contribution in [-0.2, 0) is 16.4 Å². The smallest absolute Gasteiger partial charge is 0.265 e. The summed E-state index contributed by atoms with van der Waals surface area (Å²) in [6.45, 7) is 8.47. The summed E-state index contributed by atoms with van der Waals surface area (Å²) in [5.74, 6) is -0.217. The molecule has 1 amide bonds. The zero-order valence-corrected chi connectivity index (χ0v) is 16.6. The van der Waals surface area contributed by atoms with Gasteiger partial charge in [-0.1, -0.05) is 26.8 Å². The molecular formula is C18H24N2O3S2. The van der Waals surface area contributed by atoms with Crippen molar-refractivity contribution >= 4 is 33.0 Å². The number of nitrogens with one attached hydrogen (secondary N) is 1. The van der Waals surface area contributed by atoms with Crippen molar-refractivity contribution in [2.24, 2.45) is 0 Å². The van der Waals surface area contributed by atoms with Crippen molar-refractivity contribution < 1.29 is 13.2 Å². The van der Waals surface area contributed by atoms with Crippen molar-refractivity contribution in [2.75, 3.05) is 18.4 Å². The zero-order chi connectivity index (χ0) is 18.6. The molecule has 0 aliphatic carbocycles. The minimum Gasteiger partial charge on any atom is -0.321 e. The Labute approximate surface area is 153 Å². The molecule has 1 aromatic carbocycles. The summed E-state index contributed by atoms with van der Waals surface area (Å²) in [4.78, 5) is 14.4. The number of anilines is 1. The lowest BCUT2D eigenvalue weighted by Crippen LogP contribution is -2.30. The number of carbonyl (C=O) groups is 1. The fourth-order valence-electron chi connectivity index (χ4n) is 2.62. The van der Waals surface area contributed by atoms with E-state index in [1.165, 1.54) is 21.7 Å². The van der Waals surface area contributed by atoms with Crippen LogP contribution >= 0.6 is 11.3 Å². The van der Waals surface area contributed by atoms with E-state index in [0.29, 0.717) is 23.7 Å². The number of amides is 1. The number of carbonyl (C=O) groups excluding carboxylic acids is 1. The molecule has 0 aliphatic heterocycles.